The monoisotopic (exact) mass is 341 g/mol. The Hall–Kier alpha value is -2.74. The highest BCUT2D eigenvalue weighted by molar-refractivity contribution is 7.14. The molecule has 0 atom stereocenters. The first-order chi connectivity index (χ1) is 11.7. The van der Waals surface area contributed by atoms with E-state index < -0.39 is 0 Å². The fraction of sp³-hybridized carbons (Fsp3) is 0.250. The van der Waals surface area contributed by atoms with Gasteiger partial charge < -0.3 is 0 Å². The summed E-state index contributed by atoms with van der Waals surface area (Å²) in [4.78, 5) is 26.0. The van der Waals surface area contributed by atoms with Gasteiger partial charge in [-0.05, 0) is 43.0 Å². The van der Waals surface area contributed by atoms with Crippen molar-refractivity contribution in [2.45, 2.75) is 25.8 Å². The van der Waals surface area contributed by atoms with E-state index in [1.54, 1.807) is 0 Å². The minimum Gasteiger partial charge on any atom is -0.271 e. The van der Waals surface area contributed by atoms with Gasteiger partial charge in [-0.15, -0.1) is 16.4 Å². The van der Waals surface area contributed by atoms with Crippen molar-refractivity contribution in [1.29, 1.82) is 0 Å². The molecule has 3 aromatic rings. The van der Waals surface area contributed by atoms with Crippen LogP contribution in [0.4, 0.5) is 0 Å². The first-order valence-electron chi connectivity index (χ1n) is 7.70. The number of hydrogen-bond donors (Lipinski definition) is 2. The van der Waals surface area contributed by atoms with Crippen molar-refractivity contribution in [1.82, 2.24) is 25.8 Å². The molecule has 8 heteroatoms. The highest BCUT2D eigenvalue weighted by Gasteiger charge is 2.18. The number of amides is 2. The molecule has 0 spiro atoms. The van der Waals surface area contributed by atoms with Crippen molar-refractivity contribution in [3.05, 3.63) is 45.6 Å². The highest BCUT2D eigenvalue weighted by Crippen LogP contribution is 2.30. The molecular formula is C16H15N5O2S. The van der Waals surface area contributed by atoms with Gasteiger partial charge in [0.15, 0.2) is 0 Å². The lowest BCUT2D eigenvalue weighted by Gasteiger charge is -2.06. The van der Waals surface area contributed by atoms with Gasteiger partial charge in [0.2, 0.25) is 0 Å². The first kappa shape index (κ1) is 14.8. The molecule has 1 aliphatic rings. The zero-order valence-electron chi connectivity index (χ0n) is 12.8. The second-order valence-corrected chi connectivity index (χ2v) is 6.79. The quantitative estimate of drug-likeness (QED) is 0.706. The lowest BCUT2D eigenvalue weighted by atomic mass is 10.2. The van der Waals surface area contributed by atoms with Crippen LogP contribution in [0.2, 0.25) is 0 Å². The van der Waals surface area contributed by atoms with Crippen LogP contribution in [0.3, 0.4) is 0 Å². The van der Waals surface area contributed by atoms with Crippen LogP contribution in [0.25, 0.3) is 11.0 Å². The predicted octanol–water partition coefficient (Wildman–Crippen LogP) is 1.44. The summed E-state index contributed by atoms with van der Waals surface area (Å²) in [7, 11) is 0. The minimum atomic E-state index is -0.358. The molecule has 2 aromatic heterocycles. The van der Waals surface area contributed by atoms with Gasteiger partial charge in [-0.2, -0.15) is 0 Å². The van der Waals surface area contributed by atoms with Gasteiger partial charge in [-0.1, -0.05) is 17.3 Å². The molecule has 24 heavy (non-hydrogen) atoms. The van der Waals surface area contributed by atoms with Crippen molar-refractivity contribution in [3.63, 3.8) is 0 Å². The van der Waals surface area contributed by atoms with E-state index in [9.17, 15) is 9.59 Å². The topological polar surface area (TPSA) is 88.9 Å². The molecule has 1 aromatic carbocycles. The van der Waals surface area contributed by atoms with E-state index in [0.29, 0.717) is 4.88 Å². The maximum absolute atomic E-state index is 12.1. The summed E-state index contributed by atoms with van der Waals surface area (Å²) < 4.78 is 1.50. The molecular weight excluding hydrogens is 326 g/mol. The number of thiophene rings is 1. The molecule has 0 unspecified atom stereocenters. The smallest absolute Gasteiger partial charge is 0.271 e. The van der Waals surface area contributed by atoms with Crippen molar-refractivity contribution >= 4 is 34.2 Å². The first-order valence-corrected chi connectivity index (χ1v) is 8.51. The predicted molar refractivity (Wildman–Crippen MR) is 89.5 cm³/mol. The van der Waals surface area contributed by atoms with E-state index in [-0.39, 0.29) is 18.4 Å². The summed E-state index contributed by atoms with van der Waals surface area (Å²) in [5.41, 5.74) is 7.64. The van der Waals surface area contributed by atoms with E-state index in [2.05, 4.69) is 21.2 Å². The second-order valence-electron chi connectivity index (χ2n) is 5.65. The Morgan fingerprint density at radius 3 is 2.96 bits per heavy atom. The van der Waals surface area contributed by atoms with Crippen LogP contribution in [-0.4, -0.2) is 26.8 Å². The molecule has 0 bridgehead atoms. The molecule has 7 nitrogen and oxygen atoms in total. The van der Waals surface area contributed by atoms with Crippen LogP contribution >= 0.6 is 11.3 Å². The van der Waals surface area contributed by atoms with Crippen LogP contribution in [0.1, 0.15) is 26.5 Å². The Kier molecular flexibility index (Phi) is 3.73. The van der Waals surface area contributed by atoms with Crippen LogP contribution in [0, 0.1) is 0 Å². The lowest BCUT2D eigenvalue weighted by Crippen LogP contribution is -2.43. The number of hydrazine groups is 1. The molecule has 0 saturated carbocycles. The average molecular weight is 341 g/mol. The molecule has 1 aliphatic carbocycles. The van der Waals surface area contributed by atoms with Crippen molar-refractivity contribution in [3.8, 4) is 0 Å². The van der Waals surface area contributed by atoms with E-state index in [4.69, 9.17) is 0 Å². The Balaban J connectivity index is 1.37. The molecule has 2 amide bonds. The third-order valence-electron chi connectivity index (χ3n) is 4.00. The number of rotatable bonds is 3. The third kappa shape index (κ3) is 2.76. The number of aryl methyl sites for hydroxylation is 2. The number of aromatic nitrogens is 3. The van der Waals surface area contributed by atoms with E-state index in [0.717, 1.165) is 30.3 Å². The summed E-state index contributed by atoms with van der Waals surface area (Å²) in [6.45, 7) is -0.0122. The normalized spacial score (nSPS) is 13.0. The zero-order valence-corrected chi connectivity index (χ0v) is 13.6. The summed E-state index contributed by atoms with van der Waals surface area (Å²) >= 11 is 1.50. The Bertz CT molecular complexity index is 908. The molecule has 0 fully saturated rings. The summed E-state index contributed by atoms with van der Waals surface area (Å²) in [5.74, 6) is -0.644. The number of benzene rings is 1. The number of nitrogens with zero attached hydrogens (tertiary/aromatic N) is 3. The molecule has 0 radical (unpaired) electrons. The van der Waals surface area contributed by atoms with E-state index in [1.807, 2.05) is 30.3 Å². The van der Waals surface area contributed by atoms with E-state index in [1.165, 1.54) is 26.5 Å². The fourth-order valence-corrected chi connectivity index (χ4v) is 3.99. The van der Waals surface area contributed by atoms with Gasteiger partial charge >= 0.3 is 0 Å². The largest absolute Gasteiger partial charge is 0.279 e. The number of para-hydroxylation sites is 1. The van der Waals surface area contributed by atoms with Gasteiger partial charge in [0.1, 0.15) is 12.1 Å². The SMILES string of the molecule is O=C(Cn1nnc2ccccc21)NNC(=O)c1cc2c(s1)CCC2. The van der Waals surface area contributed by atoms with Crippen LogP contribution in [0.15, 0.2) is 30.3 Å². The van der Waals surface area contributed by atoms with Crippen LogP contribution < -0.4 is 10.9 Å². The maximum Gasteiger partial charge on any atom is 0.279 e. The Morgan fingerprint density at radius 1 is 1.21 bits per heavy atom. The fourth-order valence-electron chi connectivity index (χ4n) is 2.84. The molecule has 2 heterocycles. The summed E-state index contributed by atoms with van der Waals surface area (Å²) in [5, 5.41) is 7.94. The van der Waals surface area contributed by atoms with Gasteiger partial charge in [0, 0.05) is 4.88 Å². The van der Waals surface area contributed by atoms with Crippen molar-refractivity contribution < 1.29 is 9.59 Å². The number of hydrogen-bond acceptors (Lipinski definition) is 5. The summed E-state index contributed by atoms with van der Waals surface area (Å²) in [6.07, 6.45) is 3.23. The molecule has 4 rings (SSSR count). The van der Waals surface area contributed by atoms with Crippen LogP contribution in [0.5, 0.6) is 0 Å². The number of nitrogens with one attached hydrogen (secondary N) is 2. The molecule has 122 valence electrons. The third-order valence-corrected chi connectivity index (χ3v) is 5.24. The standard InChI is InChI=1S/C16H15N5O2S/c22-15(9-21-12-6-2-1-5-11(12)17-20-21)18-19-16(23)14-8-10-4-3-7-13(10)24-14/h1-2,5-6,8H,3-4,7,9H2,(H,18,22)(H,19,23). The molecule has 0 saturated heterocycles. The number of fused-ring (bicyclic) bond motifs is 2. The Morgan fingerprint density at radius 2 is 2.08 bits per heavy atom. The minimum absolute atomic E-state index is 0.0122. The average Bonchev–Trinajstić information content (AvgIpc) is 3.27. The van der Waals surface area contributed by atoms with Crippen molar-refractivity contribution in [2.24, 2.45) is 0 Å². The van der Waals surface area contributed by atoms with Gasteiger partial charge in [0.25, 0.3) is 11.8 Å². The maximum atomic E-state index is 12.1. The van der Waals surface area contributed by atoms with Crippen molar-refractivity contribution in [2.75, 3.05) is 0 Å². The summed E-state index contributed by atoms with van der Waals surface area (Å²) in [6, 6.07) is 9.31. The number of carbonyl (C=O) groups excluding carboxylic acids is 2. The number of carbonyl (C=O) groups is 2. The van der Waals surface area contributed by atoms with Gasteiger partial charge in [-0.25, -0.2) is 4.68 Å². The molecule has 0 aliphatic heterocycles. The van der Waals surface area contributed by atoms with Gasteiger partial charge in [0.05, 0.1) is 10.4 Å². The van der Waals surface area contributed by atoms with E-state index >= 15 is 0 Å². The second kappa shape index (κ2) is 6.04. The molecule has 2 N–H and O–H groups in total. The van der Waals surface area contributed by atoms with Crippen LogP contribution in [-0.2, 0) is 24.2 Å². The lowest BCUT2D eigenvalue weighted by molar-refractivity contribution is -0.122. The van der Waals surface area contributed by atoms with Gasteiger partial charge in [-0.3, -0.25) is 20.4 Å². The Labute approximate surface area is 141 Å². The highest BCUT2D eigenvalue weighted by atomic mass is 32.1. The zero-order chi connectivity index (χ0) is 16.5.